The molecule has 0 bridgehead atoms. The smallest absolute Gasteiger partial charge is 0.237 e. The van der Waals surface area contributed by atoms with E-state index in [9.17, 15) is 4.79 Å². The van der Waals surface area contributed by atoms with Crippen molar-refractivity contribution in [2.75, 3.05) is 13.1 Å². The number of carbonyl (C=O) groups is 1. The molecule has 0 radical (unpaired) electrons. The predicted octanol–water partition coefficient (Wildman–Crippen LogP) is 6.37. The molecule has 1 aliphatic rings. The quantitative estimate of drug-likeness (QED) is 0.120. The number of nitrogens with zero attached hydrogens (tertiary/aromatic N) is 1. The third kappa shape index (κ3) is 8.88. The van der Waals surface area contributed by atoms with Gasteiger partial charge in [-0.3, -0.25) is 15.6 Å². The number of aromatic nitrogens is 1. The molecule has 42 heavy (non-hydrogen) atoms. The van der Waals surface area contributed by atoms with Crippen molar-refractivity contribution in [1.29, 1.82) is 10.8 Å². The number of amidine groups is 2. The van der Waals surface area contributed by atoms with Gasteiger partial charge in [0.05, 0.1) is 19.1 Å². The number of carbonyl (C=O) groups excluding carboxylic acids is 1. The van der Waals surface area contributed by atoms with Crippen molar-refractivity contribution >= 4 is 28.5 Å². The van der Waals surface area contributed by atoms with Crippen LogP contribution in [0, 0.1) is 17.7 Å². The molecule has 1 aliphatic heterocycles. The van der Waals surface area contributed by atoms with Crippen LogP contribution in [0.1, 0.15) is 54.9 Å². The van der Waals surface area contributed by atoms with E-state index in [1.165, 1.54) is 27.6 Å². The lowest BCUT2D eigenvalue weighted by Gasteiger charge is -2.27. The Bertz CT molecular complexity index is 1440. The van der Waals surface area contributed by atoms with Crippen LogP contribution in [-0.2, 0) is 24.2 Å². The molecule has 7 nitrogen and oxygen atoms in total. The number of hydrogen-bond donors (Lipinski definition) is 5. The van der Waals surface area contributed by atoms with E-state index in [2.05, 4.69) is 84.1 Å². The van der Waals surface area contributed by atoms with E-state index in [1.54, 1.807) is 4.90 Å². The third-order valence-electron chi connectivity index (χ3n) is 7.77. The summed E-state index contributed by atoms with van der Waals surface area (Å²) in [4.78, 5) is 17.4. The summed E-state index contributed by atoms with van der Waals surface area (Å²) in [6, 6.07) is 26.6. The third-order valence-corrected chi connectivity index (χ3v) is 7.77. The molecule has 1 fully saturated rings. The molecule has 2 heterocycles. The second kappa shape index (κ2) is 15.7. The summed E-state index contributed by atoms with van der Waals surface area (Å²) in [6.07, 6.45) is 7.28. The van der Waals surface area contributed by atoms with Crippen molar-refractivity contribution in [3.8, 4) is 0 Å². The molecule has 1 aromatic heterocycles. The zero-order chi connectivity index (χ0) is 29.7. The maximum absolute atomic E-state index is 12.5. The molecule has 0 saturated carbocycles. The Balaban J connectivity index is 0.000000337. The number of benzene rings is 3. The Morgan fingerprint density at radius 2 is 1.62 bits per heavy atom. The van der Waals surface area contributed by atoms with E-state index in [1.807, 2.05) is 30.5 Å². The highest BCUT2D eigenvalue weighted by atomic mass is 16.2. The van der Waals surface area contributed by atoms with E-state index in [4.69, 9.17) is 10.8 Å². The monoisotopic (exact) mass is 564 g/mol. The largest absolute Gasteiger partial charge is 0.361 e. The number of aromatic amines is 1. The highest BCUT2D eigenvalue weighted by molar-refractivity contribution is 6.00. The Morgan fingerprint density at radius 1 is 0.905 bits per heavy atom. The van der Waals surface area contributed by atoms with Gasteiger partial charge < -0.3 is 20.5 Å². The summed E-state index contributed by atoms with van der Waals surface area (Å²) >= 11 is 0. The fourth-order valence-corrected chi connectivity index (χ4v) is 5.14. The molecule has 0 spiro atoms. The number of rotatable bonds is 9. The molecule has 1 saturated heterocycles. The fraction of sp³-hybridized carbons (Fsp3) is 0.343. The summed E-state index contributed by atoms with van der Waals surface area (Å²) in [7, 11) is 0. The topological polar surface area (TPSA) is 108 Å². The van der Waals surface area contributed by atoms with Crippen molar-refractivity contribution in [2.45, 2.75) is 65.0 Å². The molecular formula is C35H44N6O. The highest BCUT2D eigenvalue weighted by Gasteiger charge is 2.22. The molecule has 1 atom stereocenters. The summed E-state index contributed by atoms with van der Waals surface area (Å²) in [5.74, 6) is 0.577. The minimum atomic E-state index is -0.177. The second-order valence-electron chi connectivity index (χ2n) is 10.9. The molecule has 5 N–H and O–H groups in total. The average molecular weight is 565 g/mol. The summed E-state index contributed by atoms with van der Waals surface area (Å²) in [6.45, 7) is 5.67. The number of amides is 1. The van der Waals surface area contributed by atoms with E-state index in [-0.39, 0.29) is 24.3 Å². The lowest BCUT2D eigenvalue weighted by molar-refractivity contribution is -0.123. The van der Waals surface area contributed by atoms with Crippen LogP contribution in [0.4, 0.5) is 0 Å². The number of aryl methyl sites for hydroxylation is 3. The molecule has 4 aromatic rings. The minimum absolute atomic E-state index is 0.0579. The summed E-state index contributed by atoms with van der Waals surface area (Å²) in [5.41, 5.74) is 6.03. The van der Waals surface area contributed by atoms with Crippen molar-refractivity contribution < 1.29 is 4.79 Å². The van der Waals surface area contributed by atoms with Crippen LogP contribution in [0.5, 0.6) is 0 Å². The standard InChI is InChI=1S/C26H35N5O.C9H9N/c1-2-20-11-13-22(14-12-20)19-31(24(27)16-15-21-8-4-3-5-9-21)25(28)18-30-26(32)23-10-6-7-17-29-23;1-7-6-10-9-5-3-2-4-8(7)9/h3-5,8-9,11-14,23,27-29H,2,6-7,10,15-19H2,1H3,(H,30,32);2-6,10H,1H3. The van der Waals surface area contributed by atoms with Crippen LogP contribution in [0.25, 0.3) is 10.9 Å². The fourth-order valence-electron chi connectivity index (χ4n) is 5.14. The molecule has 1 unspecified atom stereocenters. The molecule has 0 aliphatic carbocycles. The number of piperidine rings is 1. The predicted molar refractivity (Wildman–Crippen MR) is 173 cm³/mol. The zero-order valence-corrected chi connectivity index (χ0v) is 24.9. The van der Waals surface area contributed by atoms with E-state index in [0.717, 1.165) is 44.2 Å². The first-order valence-corrected chi connectivity index (χ1v) is 15.0. The number of para-hydroxylation sites is 1. The highest BCUT2D eigenvalue weighted by Crippen LogP contribution is 2.16. The van der Waals surface area contributed by atoms with Gasteiger partial charge in [-0.05, 0) is 67.5 Å². The molecule has 5 rings (SSSR count). The Morgan fingerprint density at radius 3 is 2.31 bits per heavy atom. The number of hydrogen-bond acceptors (Lipinski definition) is 4. The lowest BCUT2D eigenvalue weighted by atomic mass is 10.0. The Labute approximate surface area is 249 Å². The van der Waals surface area contributed by atoms with Crippen molar-refractivity contribution in [2.24, 2.45) is 0 Å². The first-order chi connectivity index (χ1) is 20.4. The van der Waals surface area contributed by atoms with Crippen LogP contribution < -0.4 is 10.6 Å². The maximum atomic E-state index is 12.5. The van der Waals surface area contributed by atoms with Gasteiger partial charge >= 0.3 is 0 Å². The van der Waals surface area contributed by atoms with Gasteiger partial charge in [-0.25, -0.2) is 0 Å². The van der Waals surface area contributed by atoms with Gasteiger partial charge in [0.15, 0.2) is 0 Å². The Kier molecular flexibility index (Phi) is 11.5. The van der Waals surface area contributed by atoms with Crippen LogP contribution in [-0.4, -0.2) is 46.6 Å². The minimum Gasteiger partial charge on any atom is -0.361 e. The number of nitrogens with one attached hydrogen (secondary N) is 5. The maximum Gasteiger partial charge on any atom is 0.237 e. The van der Waals surface area contributed by atoms with Crippen LogP contribution >= 0.6 is 0 Å². The molecule has 220 valence electrons. The number of fused-ring (bicyclic) bond motifs is 1. The van der Waals surface area contributed by atoms with Gasteiger partial charge in [0.25, 0.3) is 0 Å². The molecule has 3 aromatic carbocycles. The first kappa shape index (κ1) is 30.7. The second-order valence-corrected chi connectivity index (χ2v) is 10.9. The van der Waals surface area contributed by atoms with Crippen LogP contribution in [0.3, 0.4) is 0 Å². The molecule has 1 amide bonds. The van der Waals surface area contributed by atoms with Crippen LogP contribution in [0.15, 0.2) is 85.1 Å². The molecule has 7 heteroatoms. The van der Waals surface area contributed by atoms with Gasteiger partial charge in [-0.15, -0.1) is 0 Å². The Hall–Kier alpha value is -4.23. The van der Waals surface area contributed by atoms with Gasteiger partial charge in [0.2, 0.25) is 5.91 Å². The average Bonchev–Trinajstić information content (AvgIpc) is 3.43. The van der Waals surface area contributed by atoms with Gasteiger partial charge in [-0.2, -0.15) is 0 Å². The lowest BCUT2D eigenvalue weighted by Crippen LogP contribution is -2.49. The summed E-state index contributed by atoms with van der Waals surface area (Å²) < 4.78 is 0. The van der Waals surface area contributed by atoms with Crippen LogP contribution in [0.2, 0.25) is 0 Å². The first-order valence-electron chi connectivity index (χ1n) is 15.0. The van der Waals surface area contributed by atoms with Gasteiger partial charge in [-0.1, -0.05) is 86.1 Å². The van der Waals surface area contributed by atoms with Crippen molar-refractivity contribution in [1.82, 2.24) is 20.5 Å². The summed E-state index contributed by atoms with van der Waals surface area (Å²) in [5, 5.41) is 24.8. The zero-order valence-electron chi connectivity index (χ0n) is 24.9. The van der Waals surface area contributed by atoms with Crippen molar-refractivity contribution in [3.63, 3.8) is 0 Å². The number of H-pyrrole nitrogens is 1. The van der Waals surface area contributed by atoms with Crippen molar-refractivity contribution in [3.05, 3.63) is 107 Å². The van der Waals surface area contributed by atoms with Gasteiger partial charge in [0.1, 0.15) is 11.7 Å². The normalized spacial score (nSPS) is 14.5. The SMILES string of the molecule is CCc1ccc(CN(C(=N)CCc2ccccc2)C(=N)CNC(=O)C2CCCCN2)cc1.Cc1c[nH]c2ccccc12. The van der Waals surface area contributed by atoms with Gasteiger partial charge in [0, 0.05) is 23.5 Å². The van der Waals surface area contributed by atoms with E-state index < -0.39 is 0 Å². The van der Waals surface area contributed by atoms with E-state index >= 15 is 0 Å². The molecular weight excluding hydrogens is 520 g/mol. The van der Waals surface area contributed by atoms with E-state index in [0.29, 0.717) is 18.8 Å².